The number of rotatable bonds is 4. The Labute approximate surface area is 137 Å². The number of ether oxygens (including phenoxy) is 1. The number of esters is 1. The molecule has 5 heteroatoms. The number of benzene rings is 1. The van der Waals surface area contributed by atoms with E-state index < -0.39 is 6.10 Å². The number of nitrogens with zero attached hydrogens (tertiary/aromatic N) is 2. The molecule has 5 nitrogen and oxygen atoms in total. The molecule has 0 spiro atoms. The highest BCUT2D eigenvalue weighted by Gasteiger charge is 2.39. The Morgan fingerprint density at radius 1 is 1.26 bits per heavy atom. The van der Waals surface area contributed by atoms with E-state index in [0.29, 0.717) is 12.6 Å². The van der Waals surface area contributed by atoms with Gasteiger partial charge in [-0.25, -0.2) is 0 Å². The third kappa shape index (κ3) is 3.74. The van der Waals surface area contributed by atoms with E-state index in [1.165, 1.54) is 0 Å². The molecule has 23 heavy (non-hydrogen) atoms. The van der Waals surface area contributed by atoms with E-state index in [2.05, 4.69) is 16.7 Å². The van der Waals surface area contributed by atoms with Gasteiger partial charge in [0.25, 0.3) is 0 Å². The lowest BCUT2D eigenvalue weighted by molar-refractivity contribution is -0.145. The molecule has 2 heterocycles. The summed E-state index contributed by atoms with van der Waals surface area (Å²) in [6.45, 7) is 7.29. The van der Waals surface area contributed by atoms with Gasteiger partial charge < -0.3 is 9.84 Å². The van der Waals surface area contributed by atoms with Gasteiger partial charge in [-0.1, -0.05) is 30.3 Å². The highest BCUT2D eigenvalue weighted by molar-refractivity contribution is 5.78. The molecule has 3 rings (SSSR count). The van der Waals surface area contributed by atoms with Crippen LogP contribution < -0.4 is 0 Å². The summed E-state index contributed by atoms with van der Waals surface area (Å²) in [5.74, 6) is -0.0810. The van der Waals surface area contributed by atoms with Gasteiger partial charge in [0.1, 0.15) is 12.1 Å². The highest BCUT2D eigenvalue weighted by Crippen LogP contribution is 2.24. The van der Waals surface area contributed by atoms with Crippen molar-refractivity contribution in [2.45, 2.75) is 44.6 Å². The van der Waals surface area contributed by atoms with Crippen molar-refractivity contribution >= 4 is 5.97 Å². The number of aliphatic hydroxyl groups excluding tert-OH is 1. The zero-order valence-electron chi connectivity index (χ0n) is 13.9. The van der Waals surface area contributed by atoms with Crippen LogP contribution in [0.1, 0.15) is 31.9 Å². The van der Waals surface area contributed by atoms with Gasteiger partial charge in [-0.3, -0.25) is 14.6 Å². The summed E-state index contributed by atoms with van der Waals surface area (Å²) in [6, 6.07) is 10.0. The number of hydrogen-bond donors (Lipinski definition) is 1. The van der Waals surface area contributed by atoms with E-state index >= 15 is 0 Å². The molecule has 0 bridgehead atoms. The van der Waals surface area contributed by atoms with Crippen molar-refractivity contribution in [1.29, 1.82) is 0 Å². The molecule has 0 unspecified atom stereocenters. The van der Waals surface area contributed by atoms with Crippen LogP contribution in [-0.4, -0.2) is 65.2 Å². The zero-order chi connectivity index (χ0) is 16.4. The SMILES string of the molecule is C[C@@H]1C[C@H](N2CCN(C[C@H](O)c3ccccc3)[C@@H](C)C2)C(=O)O1. The van der Waals surface area contributed by atoms with Gasteiger partial charge in [-0.05, 0) is 19.4 Å². The fraction of sp³-hybridized carbons (Fsp3) is 0.611. The van der Waals surface area contributed by atoms with Crippen molar-refractivity contribution in [3.05, 3.63) is 35.9 Å². The summed E-state index contributed by atoms with van der Waals surface area (Å²) in [4.78, 5) is 16.5. The molecule has 0 aromatic heterocycles. The van der Waals surface area contributed by atoms with E-state index in [4.69, 9.17) is 4.74 Å². The van der Waals surface area contributed by atoms with Gasteiger partial charge in [-0.15, -0.1) is 0 Å². The van der Waals surface area contributed by atoms with Gasteiger partial charge >= 0.3 is 5.97 Å². The second-order valence-corrected chi connectivity index (χ2v) is 6.76. The maximum absolute atomic E-state index is 11.9. The van der Waals surface area contributed by atoms with Crippen molar-refractivity contribution in [3.8, 4) is 0 Å². The molecule has 4 atom stereocenters. The molecule has 0 amide bonds. The maximum Gasteiger partial charge on any atom is 0.323 e. The Morgan fingerprint density at radius 3 is 2.61 bits per heavy atom. The first-order valence-electron chi connectivity index (χ1n) is 8.46. The normalized spacial score (nSPS) is 31.1. The molecule has 0 radical (unpaired) electrons. The van der Waals surface area contributed by atoms with Crippen LogP contribution in [0.5, 0.6) is 0 Å². The molecule has 2 aliphatic rings. The molecule has 1 aromatic carbocycles. The summed E-state index contributed by atoms with van der Waals surface area (Å²) < 4.78 is 5.28. The maximum atomic E-state index is 11.9. The van der Waals surface area contributed by atoms with Gasteiger partial charge in [0.2, 0.25) is 0 Å². The van der Waals surface area contributed by atoms with Crippen molar-refractivity contribution in [3.63, 3.8) is 0 Å². The van der Waals surface area contributed by atoms with Gasteiger partial charge in [0, 0.05) is 38.6 Å². The first kappa shape index (κ1) is 16.4. The number of hydrogen-bond acceptors (Lipinski definition) is 5. The lowest BCUT2D eigenvalue weighted by Crippen LogP contribution is -2.56. The first-order chi connectivity index (χ1) is 11.0. The number of cyclic esters (lactones) is 1. The second kappa shape index (κ2) is 6.99. The molecular weight excluding hydrogens is 292 g/mol. The summed E-state index contributed by atoms with van der Waals surface area (Å²) >= 11 is 0. The Balaban J connectivity index is 1.56. The third-order valence-corrected chi connectivity index (χ3v) is 4.97. The average molecular weight is 318 g/mol. The van der Waals surface area contributed by atoms with Crippen LogP contribution in [0.2, 0.25) is 0 Å². The smallest absolute Gasteiger partial charge is 0.323 e. The molecule has 0 aliphatic carbocycles. The quantitative estimate of drug-likeness (QED) is 0.851. The van der Waals surface area contributed by atoms with Crippen LogP contribution in [0.25, 0.3) is 0 Å². The minimum atomic E-state index is -0.471. The molecule has 2 aliphatic heterocycles. The third-order valence-electron chi connectivity index (χ3n) is 4.97. The minimum absolute atomic E-state index is 0.0285. The van der Waals surface area contributed by atoms with Crippen LogP contribution in [0.15, 0.2) is 30.3 Å². The van der Waals surface area contributed by atoms with Crippen molar-refractivity contribution in [2.75, 3.05) is 26.2 Å². The van der Waals surface area contributed by atoms with E-state index in [9.17, 15) is 9.90 Å². The molecule has 126 valence electrons. The molecular formula is C18H26N2O3. The van der Waals surface area contributed by atoms with E-state index in [0.717, 1.165) is 31.6 Å². The van der Waals surface area contributed by atoms with Crippen molar-refractivity contribution in [2.24, 2.45) is 0 Å². The Kier molecular flexibility index (Phi) is 4.99. The van der Waals surface area contributed by atoms with Gasteiger partial charge in [-0.2, -0.15) is 0 Å². The van der Waals surface area contributed by atoms with Crippen molar-refractivity contribution in [1.82, 2.24) is 9.80 Å². The van der Waals surface area contributed by atoms with Gasteiger partial charge in [0.15, 0.2) is 0 Å². The number of β-amino-alcohol motifs (C(OH)–C–C–N with tert-alkyl or cyclic N) is 1. The van der Waals surface area contributed by atoms with Crippen molar-refractivity contribution < 1.29 is 14.6 Å². The summed E-state index contributed by atoms with van der Waals surface area (Å²) in [5.41, 5.74) is 0.954. The van der Waals surface area contributed by atoms with E-state index in [1.54, 1.807) is 0 Å². The minimum Gasteiger partial charge on any atom is -0.461 e. The average Bonchev–Trinajstić information content (AvgIpc) is 2.88. The van der Waals surface area contributed by atoms with Crippen LogP contribution in [0.4, 0.5) is 0 Å². The van der Waals surface area contributed by atoms with Crippen LogP contribution in [0.3, 0.4) is 0 Å². The fourth-order valence-electron chi connectivity index (χ4n) is 3.61. The predicted molar refractivity (Wildman–Crippen MR) is 88.0 cm³/mol. The van der Waals surface area contributed by atoms with E-state index in [1.807, 2.05) is 37.3 Å². The molecule has 2 fully saturated rings. The molecule has 1 aromatic rings. The van der Waals surface area contributed by atoms with Gasteiger partial charge in [0.05, 0.1) is 6.10 Å². The van der Waals surface area contributed by atoms with Crippen LogP contribution in [-0.2, 0) is 9.53 Å². The lowest BCUT2D eigenvalue weighted by atomic mass is 10.1. The molecule has 0 saturated carbocycles. The topological polar surface area (TPSA) is 53.0 Å². The summed E-state index contributed by atoms with van der Waals surface area (Å²) in [6.07, 6.45) is 0.348. The number of carbonyl (C=O) groups excluding carboxylic acids is 1. The first-order valence-corrected chi connectivity index (χ1v) is 8.46. The van der Waals surface area contributed by atoms with Crippen LogP contribution >= 0.6 is 0 Å². The highest BCUT2D eigenvalue weighted by atomic mass is 16.6. The van der Waals surface area contributed by atoms with Crippen LogP contribution in [0, 0.1) is 0 Å². The largest absolute Gasteiger partial charge is 0.461 e. The Bertz CT molecular complexity index is 536. The number of carbonyl (C=O) groups is 1. The summed E-state index contributed by atoms with van der Waals surface area (Å²) in [5, 5.41) is 10.4. The number of aliphatic hydroxyl groups is 1. The van der Waals surface area contributed by atoms with E-state index in [-0.39, 0.29) is 18.1 Å². The summed E-state index contributed by atoms with van der Waals surface area (Å²) in [7, 11) is 0. The molecule has 1 N–H and O–H groups in total. The standard InChI is InChI=1S/C18H26N2O3/c1-13-11-20(16-10-14(2)23-18(16)22)9-8-19(13)12-17(21)15-6-4-3-5-7-15/h3-7,13-14,16-17,21H,8-12H2,1-2H3/t13-,14+,16-,17-/m0/s1. The number of piperazine rings is 1. The lowest BCUT2D eigenvalue weighted by Gasteiger charge is -2.42. The second-order valence-electron chi connectivity index (χ2n) is 6.76. The molecule has 2 saturated heterocycles. The zero-order valence-corrected chi connectivity index (χ0v) is 13.9. The Hall–Kier alpha value is -1.43. The monoisotopic (exact) mass is 318 g/mol. The Morgan fingerprint density at radius 2 is 2.00 bits per heavy atom. The predicted octanol–water partition coefficient (Wildman–Crippen LogP) is 1.43. The fourth-order valence-corrected chi connectivity index (χ4v) is 3.61.